The molecule has 0 spiro atoms. The topological polar surface area (TPSA) is 19.7 Å². The fraction of sp³-hybridized carbons (Fsp3) is 0.450. The molecule has 3 rings (SSSR count). The monoisotopic (exact) mass is 408 g/mol. The number of hydrogen-bond acceptors (Lipinski definition) is 2. The maximum Gasteiger partial charge on any atom is 0.173 e. The van der Waals surface area contributed by atoms with Crippen LogP contribution in [0.1, 0.15) is 29.7 Å². The second kappa shape index (κ2) is 9.70. The van der Waals surface area contributed by atoms with Crippen molar-refractivity contribution in [1.29, 1.82) is 0 Å². The summed E-state index contributed by atoms with van der Waals surface area (Å²) >= 11 is 13.7. The molecule has 1 saturated heterocycles. The summed E-state index contributed by atoms with van der Waals surface area (Å²) < 4.78 is 0. The summed E-state index contributed by atoms with van der Waals surface area (Å²) in [5.41, 5.74) is 2.14. The molecule has 2 N–H and O–H groups in total. The largest absolute Gasteiger partial charge is 0.344 e. The molecule has 6 heteroatoms. The van der Waals surface area contributed by atoms with Crippen LogP contribution in [-0.2, 0) is 6.54 Å². The van der Waals surface area contributed by atoms with Crippen LogP contribution >= 0.6 is 35.2 Å². The van der Waals surface area contributed by atoms with Crippen molar-refractivity contribution in [1.82, 2.24) is 4.90 Å². The molecule has 3 nitrogen and oxygen atoms in total. The van der Waals surface area contributed by atoms with Crippen molar-refractivity contribution < 1.29 is 4.90 Å². The number of nitrogens with one attached hydrogen (secondary N) is 2. The quantitative estimate of drug-likeness (QED) is 0.676. The third kappa shape index (κ3) is 5.68. The lowest BCUT2D eigenvalue weighted by molar-refractivity contribution is -0.887. The van der Waals surface area contributed by atoms with Crippen molar-refractivity contribution in [3.05, 3.63) is 51.2 Å². The first kappa shape index (κ1) is 19.6. The van der Waals surface area contributed by atoms with Crippen LogP contribution in [0.2, 0.25) is 5.02 Å². The zero-order valence-electron chi connectivity index (χ0n) is 15.3. The Balaban J connectivity index is 1.62. The van der Waals surface area contributed by atoms with Gasteiger partial charge in [0, 0.05) is 41.4 Å². The van der Waals surface area contributed by atoms with Crippen LogP contribution < -0.4 is 10.2 Å². The van der Waals surface area contributed by atoms with Crippen molar-refractivity contribution in [2.75, 3.05) is 31.5 Å². The molecule has 0 amide bonds. The Labute approximate surface area is 171 Å². The number of nitrogens with zero attached hydrogens (tertiary/aromatic N) is 1. The zero-order valence-corrected chi connectivity index (χ0v) is 17.7. The highest BCUT2D eigenvalue weighted by Crippen LogP contribution is 2.21. The first-order valence-corrected chi connectivity index (χ1v) is 11.0. The number of rotatable bonds is 7. The van der Waals surface area contributed by atoms with E-state index < -0.39 is 0 Å². The summed E-state index contributed by atoms with van der Waals surface area (Å²) in [5, 5.41) is 7.04. The number of thiophene rings is 1. The van der Waals surface area contributed by atoms with Crippen LogP contribution in [0.5, 0.6) is 0 Å². The van der Waals surface area contributed by atoms with Gasteiger partial charge in [0.2, 0.25) is 0 Å². The van der Waals surface area contributed by atoms with Crippen LogP contribution in [0, 0.1) is 6.92 Å². The van der Waals surface area contributed by atoms with E-state index in [1.807, 2.05) is 18.2 Å². The SMILES string of the molecule is Cc1ccc(Cl)cc1NC(=S)N(CCC[NH+]1CCCC1)Cc1cccs1. The molecule has 1 aromatic heterocycles. The summed E-state index contributed by atoms with van der Waals surface area (Å²) in [7, 11) is 0. The lowest BCUT2D eigenvalue weighted by Crippen LogP contribution is -3.10. The normalized spacial score (nSPS) is 14.5. The molecule has 2 aromatic rings. The third-order valence-electron chi connectivity index (χ3n) is 4.92. The summed E-state index contributed by atoms with van der Waals surface area (Å²) in [6, 6.07) is 10.2. The standard InChI is InChI=1S/C20H26ClN3S2/c1-16-7-8-17(21)14-19(16)22-20(25)24(15-18-6-4-13-26-18)12-5-11-23-9-2-3-10-23/h4,6-8,13-14H,2-3,5,9-12,15H2,1H3,(H,22,25)/p+1. The van der Waals surface area contributed by atoms with Gasteiger partial charge in [0.1, 0.15) is 0 Å². The molecule has 0 aliphatic carbocycles. The summed E-state index contributed by atoms with van der Waals surface area (Å²) in [5.74, 6) is 0. The Bertz CT molecular complexity index is 712. The molecular formula is C20H27ClN3S2+. The maximum absolute atomic E-state index is 6.15. The van der Waals surface area contributed by atoms with Crippen LogP contribution in [-0.4, -0.2) is 36.2 Å². The van der Waals surface area contributed by atoms with Crippen molar-refractivity contribution in [3.63, 3.8) is 0 Å². The first-order chi connectivity index (χ1) is 12.6. The highest BCUT2D eigenvalue weighted by Gasteiger charge is 2.17. The number of hydrogen-bond donors (Lipinski definition) is 2. The molecule has 26 heavy (non-hydrogen) atoms. The highest BCUT2D eigenvalue weighted by atomic mass is 35.5. The number of aryl methyl sites for hydroxylation is 1. The van der Waals surface area contributed by atoms with Gasteiger partial charge in [0.15, 0.2) is 5.11 Å². The molecule has 2 heterocycles. The molecule has 0 saturated carbocycles. The van der Waals surface area contributed by atoms with E-state index in [-0.39, 0.29) is 0 Å². The van der Waals surface area contributed by atoms with E-state index in [2.05, 4.69) is 34.7 Å². The average molecular weight is 409 g/mol. The average Bonchev–Trinajstić information content (AvgIpc) is 3.31. The van der Waals surface area contributed by atoms with Crippen LogP contribution in [0.4, 0.5) is 5.69 Å². The Morgan fingerprint density at radius 2 is 2.12 bits per heavy atom. The molecule has 1 fully saturated rings. The van der Waals surface area contributed by atoms with Gasteiger partial charge in [-0.2, -0.15) is 0 Å². The minimum absolute atomic E-state index is 0.725. The predicted molar refractivity (Wildman–Crippen MR) is 117 cm³/mol. The fourth-order valence-corrected chi connectivity index (χ4v) is 4.57. The van der Waals surface area contributed by atoms with Gasteiger partial charge in [-0.05, 0) is 48.3 Å². The molecule has 1 aromatic carbocycles. The minimum atomic E-state index is 0.725. The van der Waals surface area contributed by atoms with Gasteiger partial charge in [0.05, 0.1) is 26.2 Å². The van der Waals surface area contributed by atoms with E-state index in [0.717, 1.165) is 40.9 Å². The van der Waals surface area contributed by atoms with Gasteiger partial charge < -0.3 is 15.1 Å². The Hall–Kier alpha value is -1.14. The van der Waals surface area contributed by atoms with Crippen molar-refractivity contribution in [2.24, 2.45) is 0 Å². The van der Waals surface area contributed by atoms with E-state index in [1.165, 1.54) is 37.4 Å². The summed E-state index contributed by atoms with van der Waals surface area (Å²) in [6.45, 7) is 7.80. The third-order valence-corrected chi connectivity index (χ3v) is 6.38. The number of benzene rings is 1. The highest BCUT2D eigenvalue weighted by molar-refractivity contribution is 7.80. The maximum atomic E-state index is 6.15. The molecular weight excluding hydrogens is 382 g/mol. The van der Waals surface area contributed by atoms with E-state index in [0.29, 0.717) is 0 Å². The second-order valence-corrected chi connectivity index (χ2v) is 8.81. The van der Waals surface area contributed by atoms with Crippen molar-refractivity contribution >= 4 is 46.0 Å². The van der Waals surface area contributed by atoms with Gasteiger partial charge in [-0.1, -0.05) is 23.7 Å². The molecule has 140 valence electrons. The zero-order chi connectivity index (χ0) is 18.4. The fourth-order valence-electron chi connectivity index (χ4n) is 3.41. The Morgan fingerprint density at radius 3 is 2.85 bits per heavy atom. The van der Waals surface area contributed by atoms with Gasteiger partial charge in [-0.3, -0.25) is 0 Å². The van der Waals surface area contributed by atoms with Gasteiger partial charge in [0.25, 0.3) is 0 Å². The lowest BCUT2D eigenvalue weighted by Gasteiger charge is -2.26. The van der Waals surface area contributed by atoms with Crippen LogP contribution in [0.25, 0.3) is 0 Å². The van der Waals surface area contributed by atoms with Crippen molar-refractivity contribution in [2.45, 2.75) is 32.7 Å². The number of anilines is 1. The minimum Gasteiger partial charge on any atom is -0.344 e. The van der Waals surface area contributed by atoms with Crippen LogP contribution in [0.3, 0.4) is 0 Å². The van der Waals surface area contributed by atoms with E-state index in [1.54, 1.807) is 16.2 Å². The van der Waals surface area contributed by atoms with Gasteiger partial charge >= 0.3 is 0 Å². The van der Waals surface area contributed by atoms with E-state index in [4.69, 9.17) is 23.8 Å². The Kier molecular flexibility index (Phi) is 7.32. The molecule has 0 atom stereocenters. The molecule has 0 unspecified atom stereocenters. The predicted octanol–water partition coefficient (Wildman–Crippen LogP) is 3.98. The summed E-state index contributed by atoms with van der Waals surface area (Å²) in [6.07, 6.45) is 3.92. The smallest absolute Gasteiger partial charge is 0.173 e. The van der Waals surface area contributed by atoms with E-state index >= 15 is 0 Å². The first-order valence-electron chi connectivity index (χ1n) is 9.30. The molecule has 1 aliphatic rings. The molecule has 0 bridgehead atoms. The number of thiocarbonyl (C=S) groups is 1. The van der Waals surface area contributed by atoms with Gasteiger partial charge in [-0.15, -0.1) is 11.3 Å². The number of halogens is 1. The molecule has 1 aliphatic heterocycles. The summed E-state index contributed by atoms with van der Waals surface area (Å²) in [4.78, 5) is 5.37. The number of likely N-dealkylation sites (tertiary alicyclic amines) is 1. The van der Waals surface area contributed by atoms with Gasteiger partial charge in [-0.25, -0.2) is 0 Å². The van der Waals surface area contributed by atoms with E-state index in [9.17, 15) is 0 Å². The number of quaternary nitrogens is 1. The van der Waals surface area contributed by atoms with Crippen molar-refractivity contribution in [3.8, 4) is 0 Å². The Morgan fingerprint density at radius 1 is 1.31 bits per heavy atom. The van der Waals surface area contributed by atoms with Crippen LogP contribution in [0.15, 0.2) is 35.7 Å². The second-order valence-electron chi connectivity index (χ2n) is 6.95. The molecule has 0 radical (unpaired) electrons. The lowest BCUT2D eigenvalue weighted by atomic mass is 10.2.